The first-order valence-electron chi connectivity index (χ1n) is 3.47. The van der Waals surface area contributed by atoms with Gasteiger partial charge in [0.1, 0.15) is 0 Å². The van der Waals surface area contributed by atoms with Gasteiger partial charge in [0, 0.05) is 5.25 Å². The highest BCUT2D eigenvalue weighted by atomic mass is 32.1. The Balaban J connectivity index is 3.61. The van der Waals surface area contributed by atoms with Gasteiger partial charge < -0.3 is 5.11 Å². The van der Waals surface area contributed by atoms with Crippen molar-refractivity contribution in [2.75, 3.05) is 0 Å². The normalized spacial score (nSPS) is 16.3. The molecule has 3 heteroatoms. The molecule has 0 radical (unpaired) electrons. The lowest BCUT2D eigenvalue weighted by molar-refractivity contribution is -0.137. The highest BCUT2D eigenvalue weighted by Gasteiger charge is 2.13. The van der Waals surface area contributed by atoms with E-state index >= 15 is 0 Å². The largest absolute Gasteiger partial charge is 0.481 e. The fraction of sp³-hybridized carbons (Fsp3) is 0.857. The van der Waals surface area contributed by atoms with Crippen molar-refractivity contribution >= 4 is 18.6 Å². The third-order valence-corrected chi connectivity index (χ3v) is 2.38. The van der Waals surface area contributed by atoms with Gasteiger partial charge in [-0.2, -0.15) is 12.6 Å². The summed E-state index contributed by atoms with van der Waals surface area (Å²) in [5.74, 6) is -0.375. The van der Waals surface area contributed by atoms with E-state index in [-0.39, 0.29) is 11.7 Å². The van der Waals surface area contributed by atoms with E-state index in [4.69, 9.17) is 5.11 Å². The van der Waals surface area contributed by atoms with E-state index in [1.807, 2.05) is 13.8 Å². The zero-order valence-electron chi connectivity index (χ0n) is 6.37. The summed E-state index contributed by atoms with van der Waals surface area (Å²) in [4.78, 5) is 10.2. The molecule has 0 saturated carbocycles. The van der Waals surface area contributed by atoms with Crippen molar-refractivity contribution in [2.45, 2.75) is 31.9 Å². The summed E-state index contributed by atoms with van der Waals surface area (Å²) in [6.07, 6.45) is 1.15. The molecule has 10 heavy (non-hydrogen) atoms. The van der Waals surface area contributed by atoms with Crippen LogP contribution in [0.25, 0.3) is 0 Å². The third-order valence-electron chi connectivity index (χ3n) is 1.68. The van der Waals surface area contributed by atoms with Gasteiger partial charge in [0.2, 0.25) is 0 Å². The molecule has 2 unspecified atom stereocenters. The smallest absolute Gasteiger partial charge is 0.304 e. The molecule has 0 heterocycles. The van der Waals surface area contributed by atoms with E-state index in [2.05, 4.69) is 12.6 Å². The molecular formula is C7H14O2S. The number of carboxylic acid groups (broad SMARTS) is 1. The van der Waals surface area contributed by atoms with Crippen molar-refractivity contribution in [3.8, 4) is 0 Å². The molecule has 0 amide bonds. The van der Waals surface area contributed by atoms with E-state index in [1.165, 1.54) is 0 Å². The number of carbonyl (C=O) groups is 1. The summed E-state index contributed by atoms with van der Waals surface area (Å²) < 4.78 is 0. The molecule has 0 aliphatic heterocycles. The predicted molar refractivity (Wildman–Crippen MR) is 44.5 cm³/mol. The van der Waals surface area contributed by atoms with Crippen molar-refractivity contribution in [3.63, 3.8) is 0 Å². The van der Waals surface area contributed by atoms with E-state index in [1.54, 1.807) is 0 Å². The quantitative estimate of drug-likeness (QED) is 0.618. The predicted octanol–water partition coefficient (Wildman–Crippen LogP) is 1.81. The molecule has 0 bridgehead atoms. The van der Waals surface area contributed by atoms with Crippen LogP contribution < -0.4 is 0 Å². The van der Waals surface area contributed by atoms with Crippen LogP contribution in [0.5, 0.6) is 0 Å². The average Bonchev–Trinajstić information content (AvgIpc) is 1.85. The molecule has 0 aromatic heterocycles. The second-order valence-corrected chi connectivity index (χ2v) is 3.21. The third kappa shape index (κ3) is 3.77. The molecule has 0 saturated heterocycles. The lowest BCUT2D eigenvalue weighted by atomic mass is 10.0. The average molecular weight is 162 g/mol. The molecule has 0 aliphatic carbocycles. The number of hydrogen-bond donors (Lipinski definition) is 2. The molecule has 0 rings (SSSR count). The number of hydrogen-bond acceptors (Lipinski definition) is 2. The Hall–Kier alpha value is -0.180. The van der Waals surface area contributed by atoms with Crippen molar-refractivity contribution in [3.05, 3.63) is 0 Å². The fourth-order valence-electron chi connectivity index (χ4n) is 0.652. The summed E-state index contributed by atoms with van der Waals surface area (Å²) in [7, 11) is 0. The Morgan fingerprint density at radius 3 is 2.50 bits per heavy atom. The van der Waals surface area contributed by atoms with Crippen LogP contribution in [-0.4, -0.2) is 16.3 Å². The summed E-state index contributed by atoms with van der Waals surface area (Å²) >= 11 is 4.16. The van der Waals surface area contributed by atoms with Gasteiger partial charge in [0.05, 0.1) is 6.42 Å². The molecular weight excluding hydrogens is 148 g/mol. The minimum atomic E-state index is -0.764. The number of rotatable bonds is 4. The topological polar surface area (TPSA) is 37.3 Å². The zero-order valence-corrected chi connectivity index (χ0v) is 7.27. The van der Waals surface area contributed by atoms with Gasteiger partial charge in [-0.25, -0.2) is 0 Å². The minimum Gasteiger partial charge on any atom is -0.481 e. The molecule has 0 aromatic carbocycles. The maximum absolute atomic E-state index is 10.2. The fourth-order valence-corrected chi connectivity index (χ4v) is 1.02. The van der Waals surface area contributed by atoms with E-state index in [0.717, 1.165) is 6.42 Å². The van der Waals surface area contributed by atoms with Gasteiger partial charge in [0.15, 0.2) is 0 Å². The van der Waals surface area contributed by atoms with Crippen LogP contribution in [0.3, 0.4) is 0 Å². The number of thiol groups is 1. The Labute approximate surface area is 67.0 Å². The first-order valence-corrected chi connectivity index (χ1v) is 3.99. The van der Waals surface area contributed by atoms with Crippen molar-refractivity contribution in [1.82, 2.24) is 0 Å². The Morgan fingerprint density at radius 2 is 2.20 bits per heavy atom. The highest BCUT2D eigenvalue weighted by Crippen LogP contribution is 2.16. The first kappa shape index (κ1) is 9.82. The van der Waals surface area contributed by atoms with E-state index in [9.17, 15) is 4.79 Å². The second-order valence-electron chi connectivity index (χ2n) is 2.55. The lowest BCUT2D eigenvalue weighted by Crippen LogP contribution is -2.15. The molecule has 2 atom stereocenters. The SMILES string of the molecule is CCC(C)C(S)CC(=O)O. The summed E-state index contributed by atoms with van der Waals surface area (Å²) in [6, 6.07) is 0. The van der Waals surface area contributed by atoms with Crippen LogP contribution in [0.15, 0.2) is 0 Å². The van der Waals surface area contributed by atoms with Crippen molar-refractivity contribution < 1.29 is 9.90 Å². The number of aliphatic carboxylic acids is 1. The van der Waals surface area contributed by atoms with Crippen molar-refractivity contribution in [1.29, 1.82) is 0 Å². The van der Waals surface area contributed by atoms with Crippen LogP contribution in [0.1, 0.15) is 26.7 Å². The van der Waals surface area contributed by atoms with Gasteiger partial charge >= 0.3 is 5.97 Å². The van der Waals surface area contributed by atoms with E-state index < -0.39 is 5.97 Å². The Kier molecular flexibility index (Phi) is 4.52. The standard InChI is InChI=1S/C7H14O2S/c1-3-5(2)6(10)4-7(8)9/h5-6,10H,3-4H2,1-2H3,(H,8,9). The molecule has 0 spiro atoms. The molecule has 0 aromatic rings. The van der Waals surface area contributed by atoms with Crippen LogP contribution in [0, 0.1) is 5.92 Å². The van der Waals surface area contributed by atoms with Gasteiger partial charge in [-0.3, -0.25) is 4.79 Å². The maximum Gasteiger partial charge on any atom is 0.304 e. The summed E-state index contributed by atoms with van der Waals surface area (Å²) in [5, 5.41) is 8.38. The number of carboxylic acids is 1. The van der Waals surface area contributed by atoms with Crippen LogP contribution in [0.4, 0.5) is 0 Å². The van der Waals surface area contributed by atoms with Crippen LogP contribution in [-0.2, 0) is 4.79 Å². The molecule has 1 N–H and O–H groups in total. The lowest BCUT2D eigenvalue weighted by Gasteiger charge is -2.14. The van der Waals surface area contributed by atoms with Crippen LogP contribution >= 0.6 is 12.6 Å². The second kappa shape index (κ2) is 4.61. The first-order chi connectivity index (χ1) is 4.57. The monoisotopic (exact) mass is 162 g/mol. The van der Waals surface area contributed by atoms with Crippen molar-refractivity contribution in [2.24, 2.45) is 5.92 Å². The zero-order chi connectivity index (χ0) is 8.15. The van der Waals surface area contributed by atoms with Crippen LogP contribution in [0.2, 0.25) is 0 Å². The minimum absolute atomic E-state index is 0.00231. The van der Waals surface area contributed by atoms with Gasteiger partial charge in [0.25, 0.3) is 0 Å². The highest BCUT2D eigenvalue weighted by molar-refractivity contribution is 7.81. The van der Waals surface area contributed by atoms with Gasteiger partial charge in [-0.05, 0) is 5.92 Å². The van der Waals surface area contributed by atoms with Gasteiger partial charge in [-0.15, -0.1) is 0 Å². The molecule has 60 valence electrons. The summed E-state index contributed by atoms with van der Waals surface area (Å²) in [6.45, 7) is 4.05. The molecule has 0 aliphatic rings. The maximum atomic E-state index is 10.2. The Bertz CT molecular complexity index is 114. The Morgan fingerprint density at radius 1 is 1.70 bits per heavy atom. The van der Waals surface area contributed by atoms with Gasteiger partial charge in [-0.1, -0.05) is 20.3 Å². The molecule has 2 nitrogen and oxygen atoms in total. The van der Waals surface area contributed by atoms with E-state index in [0.29, 0.717) is 5.92 Å². The summed E-state index contributed by atoms with van der Waals surface area (Å²) in [5.41, 5.74) is 0. The molecule has 0 fully saturated rings.